The van der Waals surface area contributed by atoms with Crippen LogP contribution in [-0.2, 0) is 13.0 Å². The van der Waals surface area contributed by atoms with E-state index in [2.05, 4.69) is 42.3 Å². The van der Waals surface area contributed by atoms with E-state index in [1.54, 1.807) is 6.20 Å². The number of ether oxygens (including phenoxy) is 1. The van der Waals surface area contributed by atoms with Crippen molar-refractivity contribution in [2.75, 3.05) is 5.32 Å². The van der Waals surface area contributed by atoms with Crippen molar-refractivity contribution in [3.63, 3.8) is 0 Å². The fraction of sp³-hybridized carbons (Fsp3) is 0.353. The molecule has 2 heterocycles. The largest absolute Gasteiger partial charge is 0.487 e. The molecular formula is C17H19ClN2O. The molecule has 0 saturated carbocycles. The molecule has 110 valence electrons. The van der Waals surface area contributed by atoms with Crippen LogP contribution in [0.4, 0.5) is 5.69 Å². The minimum atomic E-state index is -0.125. The second kappa shape index (κ2) is 5.23. The van der Waals surface area contributed by atoms with Gasteiger partial charge in [0.1, 0.15) is 11.4 Å². The van der Waals surface area contributed by atoms with Crippen molar-refractivity contribution in [1.82, 2.24) is 4.98 Å². The number of aromatic nitrogens is 1. The summed E-state index contributed by atoms with van der Waals surface area (Å²) in [6.07, 6.45) is 2.66. The Morgan fingerprint density at radius 3 is 2.90 bits per heavy atom. The zero-order valence-corrected chi connectivity index (χ0v) is 13.3. The summed E-state index contributed by atoms with van der Waals surface area (Å²) in [5, 5.41) is 3.88. The summed E-state index contributed by atoms with van der Waals surface area (Å²) < 4.78 is 6.09. The first-order valence-corrected chi connectivity index (χ1v) is 7.49. The molecule has 0 aliphatic carbocycles. The van der Waals surface area contributed by atoms with Crippen LogP contribution >= 0.6 is 11.6 Å². The maximum atomic E-state index is 6.15. The highest BCUT2D eigenvalue weighted by molar-refractivity contribution is 6.32. The lowest BCUT2D eigenvalue weighted by Crippen LogP contribution is -2.25. The Hall–Kier alpha value is -1.74. The minimum Gasteiger partial charge on any atom is -0.487 e. The van der Waals surface area contributed by atoms with Crippen LogP contribution in [0.3, 0.4) is 0 Å². The number of rotatable bonds is 3. The highest BCUT2D eigenvalue weighted by Gasteiger charge is 2.31. The number of halogens is 1. The van der Waals surface area contributed by atoms with Crippen LogP contribution in [0.5, 0.6) is 5.75 Å². The van der Waals surface area contributed by atoms with Crippen LogP contribution in [0.1, 0.15) is 30.5 Å². The van der Waals surface area contributed by atoms with E-state index in [9.17, 15) is 0 Å². The number of hydrogen-bond acceptors (Lipinski definition) is 3. The Morgan fingerprint density at radius 1 is 1.33 bits per heavy atom. The molecule has 0 amide bonds. The monoisotopic (exact) mass is 302 g/mol. The predicted octanol–water partition coefficient (Wildman–Crippen LogP) is 4.37. The zero-order valence-electron chi connectivity index (χ0n) is 12.5. The molecule has 1 aromatic carbocycles. The van der Waals surface area contributed by atoms with Crippen LogP contribution in [0, 0.1) is 6.92 Å². The van der Waals surface area contributed by atoms with E-state index in [1.807, 2.05) is 13.0 Å². The molecule has 0 bridgehead atoms. The van der Waals surface area contributed by atoms with Crippen molar-refractivity contribution >= 4 is 17.3 Å². The van der Waals surface area contributed by atoms with E-state index < -0.39 is 0 Å². The number of para-hydroxylation sites is 1. The van der Waals surface area contributed by atoms with Gasteiger partial charge in [-0.05, 0) is 38.0 Å². The van der Waals surface area contributed by atoms with Gasteiger partial charge in [0.25, 0.3) is 0 Å². The molecule has 1 N–H and O–H groups in total. The summed E-state index contributed by atoms with van der Waals surface area (Å²) in [6.45, 7) is 6.93. The quantitative estimate of drug-likeness (QED) is 0.855. The average Bonchev–Trinajstić information content (AvgIpc) is 2.73. The second-order valence-electron chi connectivity index (χ2n) is 6.09. The molecule has 0 saturated heterocycles. The third-order valence-electron chi connectivity index (χ3n) is 3.74. The highest BCUT2D eigenvalue weighted by Crippen LogP contribution is 2.38. The van der Waals surface area contributed by atoms with Crippen molar-refractivity contribution in [3.8, 4) is 5.75 Å². The Labute approximate surface area is 130 Å². The highest BCUT2D eigenvalue weighted by atomic mass is 35.5. The lowest BCUT2D eigenvalue weighted by atomic mass is 10.0. The number of anilines is 1. The lowest BCUT2D eigenvalue weighted by Gasteiger charge is -2.18. The number of hydrogen-bond donors (Lipinski definition) is 1. The van der Waals surface area contributed by atoms with Gasteiger partial charge in [-0.3, -0.25) is 0 Å². The molecule has 1 aromatic heterocycles. The predicted molar refractivity (Wildman–Crippen MR) is 86.2 cm³/mol. The molecule has 0 spiro atoms. The summed E-state index contributed by atoms with van der Waals surface area (Å²) in [5.74, 6) is 1.01. The summed E-state index contributed by atoms with van der Waals surface area (Å²) >= 11 is 6.15. The fourth-order valence-electron chi connectivity index (χ4n) is 2.74. The van der Waals surface area contributed by atoms with Gasteiger partial charge >= 0.3 is 0 Å². The minimum absolute atomic E-state index is 0.125. The van der Waals surface area contributed by atoms with Gasteiger partial charge in [-0.25, -0.2) is 4.98 Å². The van der Waals surface area contributed by atoms with Crippen molar-refractivity contribution < 1.29 is 4.74 Å². The number of nitrogens with zero attached hydrogens (tertiary/aromatic N) is 1. The first-order valence-electron chi connectivity index (χ1n) is 7.11. The van der Waals surface area contributed by atoms with Crippen LogP contribution in [0.2, 0.25) is 5.15 Å². The van der Waals surface area contributed by atoms with E-state index in [0.717, 1.165) is 29.0 Å². The van der Waals surface area contributed by atoms with Gasteiger partial charge < -0.3 is 10.1 Å². The van der Waals surface area contributed by atoms with Crippen molar-refractivity contribution in [2.45, 2.75) is 39.3 Å². The van der Waals surface area contributed by atoms with Crippen LogP contribution < -0.4 is 10.1 Å². The number of pyridine rings is 1. The fourth-order valence-corrected chi connectivity index (χ4v) is 3.01. The molecule has 0 fully saturated rings. The SMILES string of the molecule is Cc1ccnc(Cl)c1NCc1cccc2c1OC(C)(C)C2. The molecule has 0 unspecified atom stereocenters. The number of aryl methyl sites for hydroxylation is 1. The molecule has 0 radical (unpaired) electrons. The number of benzene rings is 1. The topological polar surface area (TPSA) is 34.2 Å². The summed E-state index contributed by atoms with van der Waals surface area (Å²) in [7, 11) is 0. The third kappa shape index (κ3) is 2.84. The molecule has 21 heavy (non-hydrogen) atoms. The second-order valence-corrected chi connectivity index (χ2v) is 6.45. The molecule has 1 aliphatic rings. The maximum Gasteiger partial charge on any atom is 0.152 e. The lowest BCUT2D eigenvalue weighted by molar-refractivity contribution is 0.137. The summed E-state index contributed by atoms with van der Waals surface area (Å²) in [6, 6.07) is 8.25. The molecule has 3 nitrogen and oxygen atoms in total. The number of nitrogens with one attached hydrogen (secondary N) is 1. The van der Waals surface area contributed by atoms with Crippen molar-refractivity contribution in [3.05, 3.63) is 52.3 Å². The molecule has 2 aromatic rings. The van der Waals surface area contributed by atoms with Crippen LogP contribution in [0.25, 0.3) is 0 Å². The third-order valence-corrected chi connectivity index (χ3v) is 4.03. The standard InChI is InChI=1S/C17H19ClN2O/c1-11-7-8-19-16(18)14(11)20-10-13-6-4-5-12-9-17(2,3)21-15(12)13/h4-8,20H,9-10H2,1-3H3. The average molecular weight is 303 g/mol. The Bertz CT molecular complexity index is 662. The normalized spacial score (nSPS) is 15.4. The van der Waals surface area contributed by atoms with Crippen LogP contribution in [0.15, 0.2) is 30.5 Å². The van der Waals surface area contributed by atoms with E-state index >= 15 is 0 Å². The molecule has 0 atom stereocenters. The number of fused-ring (bicyclic) bond motifs is 1. The Kier molecular flexibility index (Phi) is 3.54. The van der Waals surface area contributed by atoms with Gasteiger partial charge in [0.05, 0.1) is 5.69 Å². The van der Waals surface area contributed by atoms with Gasteiger partial charge in [-0.1, -0.05) is 29.8 Å². The first-order chi connectivity index (χ1) is 9.96. The van der Waals surface area contributed by atoms with Crippen molar-refractivity contribution in [1.29, 1.82) is 0 Å². The Morgan fingerprint density at radius 2 is 2.14 bits per heavy atom. The smallest absolute Gasteiger partial charge is 0.152 e. The summed E-state index contributed by atoms with van der Waals surface area (Å²) in [5.41, 5.74) is 4.27. The van der Waals surface area contributed by atoms with Crippen LogP contribution in [-0.4, -0.2) is 10.6 Å². The molecule has 1 aliphatic heterocycles. The zero-order chi connectivity index (χ0) is 15.0. The van der Waals surface area contributed by atoms with Gasteiger partial charge in [-0.15, -0.1) is 0 Å². The van der Waals surface area contributed by atoms with Gasteiger partial charge in [0, 0.05) is 24.7 Å². The Balaban J connectivity index is 1.83. The van der Waals surface area contributed by atoms with E-state index in [0.29, 0.717) is 11.7 Å². The van der Waals surface area contributed by atoms with Gasteiger partial charge in [-0.2, -0.15) is 0 Å². The first kappa shape index (κ1) is 14.2. The molecular weight excluding hydrogens is 284 g/mol. The summed E-state index contributed by atoms with van der Waals surface area (Å²) in [4.78, 5) is 4.12. The van der Waals surface area contributed by atoms with Gasteiger partial charge in [0.15, 0.2) is 5.15 Å². The van der Waals surface area contributed by atoms with E-state index in [1.165, 1.54) is 5.56 Å². The van der Waals surface area contributed by atoms with E-state index in [-0.39, 0.29) is 5.60 Å². The van der Waals surface area contributed by atoms with Crippen molar-refractivity contribution in [2.24, 2.45) is 0 Å². The molecule has 4 heteroatoms. The van der Waals surface area contributed by atoms with Gasteiger partial charge in [0.2, 0.25) is 0 Å². The van der Waals surface area contributed by atoms with E-state index in [4.69, 9.17) is 16.3 Å². The maximum absolute atomic E-state index is 6.15. The molecule has 3 rings (SSSR count).